The number of anilines is 1. The highest BCUT2D eigenvalue weighted by Gasteiger charge is 1.99. The molecule has 0 heterocycles. The van der Waals surface area contributed by atoms with E-state index < -0.39 is 0 Å². The van der Waals surface area contributed by atoms with Crippen LogP contribution in [0.4, 0.5) is 11.4 Å². The number of aliphatic imine (C=N–C) groups is 1. The van der Waals surface area contributed by atoms with Crippen molar-refractivity contribution in [1.29, 1.82) is 0 Å². The van der Waals surface area contributed by atoms with Gasteiger partial charge in [-0.3, -0.25) is 0 Å². The molecule has 4 N–H and O–H groups in total. The smallest absolute Gasteiger partial charge is 0.170 e. The Hall–Kier alpha value is -1.62. The zero-order valence-electron chi connectivity index (χ0n) is 11.7. The second-order valence-electron chi connectivity index (χ2n) is 4.86. The molecule has 0 unspecified atom stereocenters. The van der Waals surface area contributed by atoms with Gasteiger partial charge < -0.3 is 16.4 Å². The minimum atomic E-state index is 0.548. The Kier molecular flexibility index (Phi) is 6.29. The van der Waals surface area contributed by atoms with Gasteiger partial charge in [0.15, 0.2) is 5.11 Å². The van der Waals surface area contributed by atoms with E-state index in [1.807, 2.05) is 24.3 Å². The number of rotatable bonds is 5. The summed E-state index contributed by atoms with van der Waals surface area (Å²) in [5.74, 6) is 1.22. The summed E-state index contributed by atoms with van der Waals surface area (Å²) >= 11 is 5.22. The number of amidine groups is 1. The number of thiocarbonyl (C=S) groups is 1. The van der Waals surface area contributed by atoms with E-state index in [-0.39, 0.29) is 0 Å². The molecule has 0 radical (unpaired) electrons. The van der Waals surface area contributed by atoms with Crippen LogP contribution in [0, 0.1) is 5.92 Å². The summed E-state index contributed by atoms with van der Waals surface area (Å²) in [4.78, 5) is 4.17. The molecule has 0 aliphatic carbocycles. The molecule has 1 rings (SSSR count). The van der Waals surface area contributed by atoms with Gasteiger partial charge in [0.25, 0.3) is 0 Å². The lowest BCUT2D eigenvalue weighted by atomic mass is 10.1. The average molecular weight is 278 g/mol. The first-order valence-electron chi connectivity index (χ1n) is 6.43. The third-order valence-corrected chi connectivity index (χ3v) is 2.68. The van der Waals surface area contributed by atoms with Crippen molar-refractivity contribution >= 4 is 34.5 Å². The molecule has 1 aromatic carbocycles. The van der Waals surface area contributed by atoms with Crippen LogP contribution in [0.3, 0.4) is 0 Å². The topological polar surface area (TPSA) is 62.4 Å². The molecular weight excluding hydrogens is 256 g/mol. The highest BCUT2D eigenvalue weighted by Crippen LogP contribution is 2.16. The number of hydrogen-bond acceptors (Lipinski definition) is 2. The zero-order chi connectivity index (χ0) is 14.3. The van der Waals surface area contributed by atoms with Crippen LogP contribution in [0.25, 0.3) is 0 Å². The van der Waals surface area contributed by atoms with Crippen molar-refractivity contribution < 1.29 is 0 Å². The van der Waals surface area contributed by atoms with Crippen LogP contribution in [-0.2, 0) is 0 Å². The number of nitrogens with zero attached hydrogens (tertiary/aromatic N) is 1. The summed E-state index contributed by atoms with van der Waals surface area (Å²) in [7, 11) is 0. The molecule has 0 saturated carbocycles. The van der Waals surface area contributed by atoms with Crippen molar-refractivity contribution in [3.8, 4) is 0 Å². The van der Waals surface area contributed by atoms with E-state index in [1.165, 1.54) is 0 Å². The average Bonchev–Trinajstić information content (AvgIpc) is 2.30. The summed E-state index contributed by atoms with van der Waals surface area (Å²) in [6.45, 7) is 7.03. The van der Waals surface area contributed by atoms with Crippen LogP contribution in [0.15, 0.2) is 29.3 Å². The van der Waals surface area contributed by atoms with Crippen LogP contribution in [0.5, 0.6) is 0 Å². The number of hydrogen-bond donors (Lipinski definition) is 3. The van der Waals surface area contributed by atoms with E-state index in [1.54, 1.807) is 6.92 Å². The standard InChI is InChI=1S/C14H22N4S/c1-10(2)8-9-16-14(19)18-13-6-4-12(5-7-13)17-11(3)15/h4-7,10H,8-9H2,1-3H3,(H2,15,17)(H2,16,18,19). The molecule has 104 valence electrons. The van der Waals surface area contributed by atoms with Crippen LogP contribution in [0.2, 0.25) is 0 Å². The van der Waals surface area contributed by atoms with Gasteiger partial charge >= 0.3 is 0 Å². The SMILES string of the molecule is CC(N)=Nc1ccc(NC(=S)NCCC(C)C)cc1. The number of nitrogens with two attached hydrogens (primary N) is 1. The number of benzene rings is 1. The molecule has 0 atom stereocenters. The molecule has 0 bridgehead atoms. The minimum absolute atomic E-state index is 0.548. The summed E-state index contributed by atoms with van der Waals surface area (Å²) in [6.07, 6.45) is 1.10. The molecule has 0 aromatic heterocycles. The molecule has 0 saturated heterocycles. The summed E-state index contributed by atoms with van der Waals surface area (Å²) in [6, 6.07) is 7.65. The monoisotopic (exact) mass is 278 g/mol. The fraction of sp³-hybridized carbons (Fsp3) is 0.429. The first kappa shape index (κ1) is 15.4. The summed E-state index contributed by atoms with van der Waals surface area (Å²) in [5, 5.41) is 6.96. The Morgan fingerprint density at radius 2 is 1.95 bits per heavy atom. The Balaban J connectivity index is 2.44. The van der Waals surface area contributed by atoms with Gasteiger partial charge in [0.2, 0.25) is 0 Å². The molecule has 0 spiro atoms. The second-order valence-corrected chi connectivity index (χ2v) is 5.27. The van der Waals surface area contributed by atoms with Crippen LogP contribution in [0.1, 0.15) is 27.2 Å². The fourth-order valence-corrected chi connectivity index (χ4v) is 1.69. The lowest BCUT2D eigenvalue weighted by Gasteiger charge is -2.11. The third-order valence-electron chi connectivity index (χ3n) is 2.44. The summed E-state index contributed by atoms with van der Waals surface area (Å²) in [5.41, 5.74) is 7.30. The summed E-state index contributed by atoms with van der Waals surface area (Å²) < 4.78 is 0. The molecule has 19 heavy (non-hydrogen) atoms. The normalized spacial score (nSPS) is 11.5. The second kappa shape index (κ2) is 7.74. The highest BCUT2D eigenvalue weighted by atomic mass is 32.1. The van der Waals surface area contributed by atoms with E-state index in [2.05, 4.69) is 29.5 Å². The molecule has 4 nitrogen and oxygen atoms in total. The maximum absolute atomic E-state index is 5.53. The molecule has 0 fully saturated rings. The van der Waals surface area contributed by atoms with Crippen molar-refractivity contribution in [2.75, 3.05) is 11.9 Å². The first-order chi connectivity index (χ1) is 8.97. The van der Waals surface area contributed by atoms with Crippen molar-refractivity contribution in [1.82, 2.24) is 5.32 Å². The van der Waals surface area contributed by atoms with Crippen molar-refractivity contribution in [2.45, 2.75) is 27.2 Å². The van der Waals surface area contributed by atoms with Gasteiger partial charge in [0, 0.05) is 12.2 Å². The first-order valence-corrected chi connectivity index (χ1v) is 6.84. The van der Waals surface area contributed by atoms with Gasteiger partial charge in [-0.25, -0.2) is 4.99 Å². The van der Waals surface area contributed by atoms with E-state index in [0.29, 0.717) is 16.9 Å². The minimum Gasteiger partial charge on any atom is -0.387 e. The molecular formula is C14H22N4S. The van der Waals surface area contributed by atoms with Gasteiger partial charge in [0.05, 0.1) is 11.5 Å². The Bertz CT molecular complexity index is 433. The van der Waals surface area contributed by atoms with Crippen molar-refractivity contribution in [3.05, 3.63) is 24.3 Å². The van der Waals surface area contributed by atoms with Gasteiger partial charge in [-0.05, 0) is 55.7 Å². The van der Waals surface area contributed by atoms with E-state index in [0.717, 1.165) is 24.3 Å². The van der Waals surface area contributed by atoms with Crippen LogP contribution in [-0.4, -0.2) is 17.5 Å². The van der Waals surface area contributed by atoms with Gasteiger partial charge in [-0.15, -0.1) is 0 Å². The van der Waals surface area contributed by atoms with Crippen molar-refractivity contribution in [2.24, 2.45) is 16.6 Å². The maximum Gasteiger partial charge on any atom is 0.170 e. The lowest BCUT2D eigenvalue weighted by molar-refractivity contribution is 0.579. The van der Waals surface area contributed by atoms with Crippen LogP contribution < -0.4 is 16.4 Å². The maximum atomic E-state index is 5.53. The van der Waals surface area contributed by atoms with Gasteiger partial charge in [-0.2, -0.15) is 0 Å². The largest absolute Gasteiger partial charge is 0.387 e. The van der Waals surface area contributed by atoms with Gasteiger partial charge in [-0.1, -0.05) is 13.8 Å². The lowest BCUT2D eigenvalue weighted by Crippen LogP contribution is -2.29. The zero-order valence-corrected chi connectivity index (χ0v) is 12.6. The Morgan fingerprint density at radius 1 is 1.32 bits per heavy atom. The predicted octanol–water partition coefficient (Wildman–Crippen LogP) is 3.03. The van der Waals surface area contributed by atoms with Crippen LogP contribution >= 0.6 is 12.2 Å². The predicted molar refractivity (Wildman–Crippen MR) is 87.1 cm³/mol. The van der Waals surface area contributed by atoms with Crippen molar-refractivity contribution in [3.63, 3.8) is 0 Å². The molecule has 0 aliphatic heterocycles. The Morgan fingerprint density at radius 3 is 2.47 bits per heavy atom. The Labute approximate surface area is 120 Å². The molecule has 0 aliphatic rings. The van der Waals surface area contributed by atoms with E-state index in [9.17, 15) is 0 Å². The third kappa shape index (κ3) is 6.76. The molecule has 1 aromatic rings. The molecule has 0 amide bonds. The highest BCUT2D eigenvalue weighted by molar-refractivity contribution is 7.80. The molecule has 5 heteroatoms. The quantitative estimate of drug-likeness (QED) is 0.440. The van der Waals surface area contributed by atoms with Gasteiger partial charge in [0.1, 0.15) is 0 Å². The number of nitrogens with one attached hydrogen (secondary N) is 2. The fourth-order valence-electron chi connectivity index (χ4n) is 1.47. The van der Waals surface area contributed by atoms with E-state index in [4.69, 9.17) is 18.0 Å². The van der Waals surface area contributed by atoms with E-state index >= 15 is 0 Å².